The molecule has 44 nitrogen and oxygen atoms in total. The van der Waals surface area contributed by atoms with E-state index in [-0.39, 0.29) is 215 Å². The van der Waals surface area contributed by atoms with Crippen molar-refractivity contribution in [1.82, 2.24) is 47.9 Å². The molecule has 43 N–H and O–H groups in total. The van der Waals surface area contributed by atoms with Crippen molar-refractivity contribution in [1.29, 1.82) is 0 Å². The first-order valence-electron chi connectivity index (χ1n) is 31.8. The van der Waals surface area contributed by atoms with Gasteiger partial charge in [0.15, 0.2) is 47.7 Å². The molecule has 0 spiro atoms. The first-order valence-corrected chi connectivity index (χ1v) is 32.4. The van der Waals surface area contributed by atoms with Crippen molar-refractivity contribution in [3.8, 4) is 0 Å². The highest BCUT2D eigenvalue weighted by Crippen LogP contribution is 2.12. The molecule has 10 amide bonds. The zero-order valence-electron chi connectivity index (χ0n) is 56.0. The Hall–Kier alpha value is -10.8. The topological polar surface area (TPSA) is 820 Å². The number of aliphatic imine (C=N–C) groups is 8. The second-order valence-electron chi connectivity index (χ2n) is 22.1. The van der Waals surface area contributed by atoms with Gasteiger partial charge in [0, 0.05) is 64.5 Å². The maximum atomic E-state index is 14.8. The number of nitrogens with one attached hydrogen (secondary N) is 9. The first kappa shape index (κ1) is 88.2. The third-order valence-electron chi connectivity index (χ3n) is 13.8. The van der Waals surface area contributed by atoms with Crippen molar-refractivity contribution in [2.75, 3.05) is 58.1 Å². The van der Waals surface area contributed by atoms with Crippen molar-refractivity contribution in [2.24, 2.45) is 137 Å². The molecule has 0 unspecified atom stereocenters. The van der Waals surface area contributed by atoms with Gasteiger partial charge in [-0.05, 0) is 103 Å². The molecular weight excluding hydrogens is 1320 g/mol. The van der Waals surface area contributed by atoms with Gasteiger partial charge in [-0.1, -0.05) is 6.92 Å². The van der Waals surface area contributed by atoms with Gasteiger partial charge in [-0.2, -0.15) is 12.6 Å². The first-order chi connectivity index (χ1) is 46.7. The molecule has 560 valence electrons. The fourth-order valence-electron chi connectivity index (χ4n) is 8.86. The number of amides is 10. The Balaban J connectivity index is 7.83. The van der Waals surface area contributed by atoms with Gasteiger partial charge in [0.2, 0.25) is 59.1 Å². The SMILES string of the molecule is CCC(=O)N[C@H](CCCN=C(N)N)C(=O)N[C@H](CCCN=C(N)N)C(=O)N[C@H](CCCN=C(N)N)C(=O)N[C@H](CCCN=C(N)N)C(=O)N[C@H](CCCN=C(N)N)C(=O)N[C@H](CCCN=C(N)N)C(=O)N[C@H](CCCN=C(N)N)C(=O)N[C@H](CCCN=C(N)N)C(=O)N[C@H](CS)C(N)=O. The van der Waals surface area contributed by atoms with Crippen LogP contribution in [0.4, 0.5) is 0 Å². The predicted octanol–water partition coefficient (Wildman–Crippen LogP) is -12.4. The van der Waals surface area contributed by atoms with Gasteiger partial charge in [0.05, 0.1) is 0 Å². The van der Waals surface area contributed by atoms with Crippen LogP contribution < -0.4 is 145 Å². The third kappa shape index (κ3) is 43.1. The van der Waals surface area contributed by atoms with Gasteiger partial charge in [0.1, 0.15) is 54.4 Å². The van der Waals surface area contributed by atoms with E-state index in [1.807, 2.05) is 0 Å². The van der Waals surface area contributed by atoms with E-state index < -0.39 is 113 Å². The minimum absolute atomic E-state index is 0.00641. The summed E-state index contributed by atoms with van der Waals surface area (Å²) in [4.78, 5) is 172. The molecule has 0 aliphatic carbocycles. The van der Waals surface area contributed by atoms with Crippen molar-refractivity contribution in [3.63, 3.8) is 0 Å². The summed E-state index contributed by atoms with van der Waals surface area (Å²) in [6, 6.07) is -12.9. The van der Waals surface area contributed by atoms with Crippen LogP contribution in [0, 0.1) is 0 Å². The average Bonchev–Trinajstić information content (AvgIpc) is 0.879. The Morgan fingerprint density at radius 3 is 0.515 bits per heavy atom. The van der Waals surface area contributed by atoms with Crippen molar-refractivity contribution < 1.29 is 47.9 Å². The van der Waals surface area contributed by atoms with Gasteiger partial charge >= 0.3 is 0 Å². The van der Waals surface area contributed by atoms with Crippen molar-refractivity contribution in [3.05, 3.63) is 0 Å². The highest BCUT2D eigenvalue weighted by molar-refractivity contribution is 7.80. The summed E-state index contributed by atoms with van der Waals surface area (Å²) < 4.78 is 0. The van der Waals surface area contributed by atoms with Gasteiger partial charge in [-0.15, -0.1) is 0 Å². The smallest absolute Gasteiger partial charge is 0.243 e. The highest BCUT2D eigenvalue weighted by atomic mass is 32.1. The van der Waals surface area contributed by atoms with Gasteiger partial charge in [-0.3, -0.25) is 87.9 Å². The van der Waals surface area contributed by atoms with E-state index in [1.165, 1.54) is 0 Å². The van der Waals surface area contributed by atoms with E-state index in [4.69, 9.17) is 97.5 Å². The summed E-state index contributed by atoms with van der Waals surface area (Å²) in [5.41, 5.74) is 94.3. The van der Waals surface area contributed by atoms with Crippen LogP contribution in [-0.4, -0.2) is 219 Å². The van der Waals surface area contributed by atoms with E-state index in [2.05, 4.69) is 100 Å². The fraction of sp³-hybridized carbons (Fsp3) is 0.667. The average molecular weight is 1430 g/mol. The molecule has 0 bridgehead atoms. The molecule has 9 atom stereocenters. The van der Waals surface area contributed by atoms with E-state index in [0.29, 0.717) is 0 Å². The number of hydrogen-bond acceptors (Lipinski definition) is 19. The van der Waals surface area contributed by atoms with Crippen LogP contribution >= 0.6 is 12.6 Å². The summed E-state index contributed by atoms with van der Waals surface area (Å²) in [7, 11) is 0. The lowest BCUT2D eigenvalue weighted by Gasteiger charge is -2.28. The Morgan fingerprint density at radius 2 is 0.394 bits per heavy atom. The molecule has 0 aromatic rings. The second kappa shape index (κ2) is 50.6. The van der Waals surface area contributed by atoms with E-state index in [9.17, 15) is 47.9 Å². The number of primary amides is 1. The summed E-state index contributed by atoms with van der Waals surface area (Å²) in [6.45, 7) is 1.42. The molecule has 0 heterocycles. The number of carbonyl (C=O) groups is 10. The molecule has 0 aliphatic heterocycles. The Kier molecular flexibility index (Phi) is 45.1. The molecule has 0 radical (unpaired) electrons. The molecule has 45 heteroatoms. The molecule has 0 saturated carbocycles. The largest absolute Gasteiger partial charge is 0.370 e. The van der Waals surface area contributed by atoms with Crippen LogP contribution in [0.5, 0.6) is 0 Å². The molecule has 0 rings (SSSR count). The number of rotatable bonds is 52. The molecule has 99 heavy (non-hydrogen) atoms. The van der Waals surface area contributed by atoms with Crippen LogP contribution in [-0.2, 0) is 47.9 Å². The number of guanidine groups is 8. The zero-order chi connectivity index (χ0) is 75.0. The lowest BCUT2D eigenvalue weighted by Crippen LogP contribution is -2.60. The Labute approximate surface area is 579 Å². The summed E-state index contributed by atoms with van der Waals surface area (Å²) in [6.07, 6.45) is -0.518. The summed E-state index contributed by atoms with van der Waals surface area (Å²) in [5.74, 6) is -11.1. The van der Waals surface area contributed by atoms with E-state index >= 15 is 0 Å². The molecule has 0 saturated heterocycles. The lowest BCUT2D eigenvalue weighted by atomic mass is 10.0. The summed E-state index contributed by atoms with van der Waals surface area (Å²) >= 11 is 4.09. The Bertz CT molecular complexity index is 2820. The van der Waals surface area contributed by atoms with Crippen molar-refractivity contribution >= 4 is 119 Å². The number of thiol groups is 1. The molecule has 0 aromatic carbocycles. The lowest BCUT2D eigenvalue weighted by molar-refractivity contribution is -0.136. The highest BCUT2D eigenvalue weighted by Gasteiger charge is 2.35. The second-order valence-corrected chi connectivity index (χ2v) is 22.5. The van der Waals surface area contributed by atoms with Crippen LogP contribution in [0.25, 0.3) is 0 Å². The normalized spacial score (nSPS) is 13.3. The third-order valence-corrected chi connectivity index (χ3v) is 14.2. The van der Waals surface area contributed by atoms with Gasteiger partial charge in [-0.25, -0.2) is 0 Å². The van der Waals surface area contributed by atoms with Gasteiger partial charge < -0.3 is 145 Å². The zero-order valence-corrected chi connectivity index (χ0v) is 56.9. The maximum Gasteiger partial charge on any atom is 0.243 e. The van der Waals surface area contributed by atoms with E-state index in [0.717, 1.165) is 0 Å². The number of carbonyl (C=O) groups excluding carboxylic acids is 10. The summed E-state index contributed by atoms with van der Waals surface area (Å²) in [5, 5.41) is 23.5. The fourth-order valence-corrected chi connectivity index (χ4v) is 9.13. The van der Waals surface area contributed by atoms with Crippen LogP contribution in [0.2, 0.25) is 0 Å². The monoisotopic (exact) mass is 1420 g/mol. The quantitative estimate of drug-likeness (QED) is 0.0116. The van der Waals surface area contributed by atoms with Crippen molar-refractivity contribution in [2.45, 2.75) is 170 Å². The van der Waals surface area contributed by atoms with Gasteiger partial charge in [0.25, 0.3) is 0 Å². The van der Waals surface area contributed by atoms with E-state index in [1.54, 1.807) is 6.92 Å². The van der Waals surface area contributed by atoms with Crippen LogP contribution in [0.1, 0.15) is 116 Å². The number of nitrogens with zero attached hydrogens (tertiary/aromatic N) is 8. The minimum Gasteiger partial charge on any atom is -0.370 e. The predicted molar refractivity (Wildman–Crippen MR) is 380 cm³/mol. The standard InChI is InChI=1S/C54H108N34O10S/c1-2-37(89)80-28(11-3-19-72-47(56)57)39(91)81-29(12-4-20-73-48(58)59)40(92)82-30(13-5-21-74-49(60)61)41(93)83-31(14-6-22-75-50(62)63)42(94)84-32(15-7-23-76-51(64)65)43(95)85-33(16-8-24-77-52(66)67)44(96)86-34(17-9-25-78-53(68)69)45(97)87-35(18-10-26-79-54(70)71)46(98)88-36(27-99)38(55)90/h28-36,99H,2-27H2,1H3,(H2,55,90)(H,80,89)(H,81,91)(H,82,92)(H,83,93)(H,84,94)(H,85,95)(H,86,96)(H,87,97)(H,88,98)(H4,56,57,72)(H4,58,59,73)(H4,60,61,74)(H4,62,63,75)(H4,64,65,76)(H4,66,67,77)(H4,68,69,78)(H4,70,71,79)/t28-,29-,30-,31-,32-,33-,34-,35-,36-/m1/s1. The molecule has 0 aliphatic rings. The minimum atomic E-state index is -1.56. The maximum absolute atomic E-state index is 14.8. The molecule has 0 fully saturated rings. The van der Waals surface area contributed by atoms with Crippen LogP contribution in [0.15, 0.2) is 39.9 Å². The Morgan fingerprint density at radius 1 is 0.253 bits per heavy atom. The number of hydrogen-bond donors (Lipinski definition) is 27. The number of nitrogens with two attached hydrogens (primary N) is 17. The van der Waals surface area contributed by atoms with Crippen LogP contribution in [0.3, 0.4) is 0 Å². The molecule has 0 aromatic heterocycles. The molecular formula is C54H108N34O10S.